The van der Waals surface area contributed by atoms with E-state index in [1.807, 2.05) is 0 Å². The summed E-state index contributed by atoms with van der Waals surface area (Å²) in [5, 5.41) is 2.24. The number of alkyl halides is 3. The van der Waals surface area contributed by atoms with Gasteiger partial charge in [-0.3, -0.25) is 5.32 Å². The molecule has 0 saturated heterocycles. The van der Waals surface area contributed by atoms with Crippen molar-refractivity contribution in [3.05, 3.63) is 54.1 Å². The van der Waals surface area contributed by atoms with Crippen molar-refractivity contribution in [3.8, 4) is 11.5 Å². The number of hydrogen-bond donors (Lipinski definition) is 1. The van der Waals surface area contributed by atoms with Crippen molar-refractivity contribution >= 4 is 11.8 Å². The van der Waals surface area contributed by atoms with Gasteiger partial charge >= 0.3 is 12.3 Å². The number of anilines is 1. The van der Waals surface area contributed by atoms with Crippen LogP contribution in [0.15, 0.2) is 48.5 Å². The summed E-state index contributed by atoms with van der Waals surface area (Å²) >= 11 is 0. The summed E-state index contributed by atoms with van der Waals surface area (Å²) in [5.41, 5.74) is -1.01. The van der Waals surface area contributed by atoms with E-state index in [4.69, 9.17) is 9.47 Å². The molecule has 2 rings (SSSR count). The second kappa shape index (κ2) is 6.38. The van der Waals surface area contributed by atoms with E-state index in [9.17, 15) is 18.0 Å². The maximum atomic E-state index is 12.8. The molecule has 0 saturated carbocycles. The minimum Gasteiger partial charge on any atom is -0.497 e. The third kappa shape index (κ3) is 4.15. The van der Waals surface area contributed by atoms with Gasteiger partial charge in [-0.05, 0) is 24.3 Å². The van der Waals surface area contributed by atoms with Crippen molar-refractivity contribution in [3.63, 3.8) is 0 Å². The number of nitrogens with one attached hydrogen (secondary N) is 1. The average Bonchev–Trinajstić information content (AvgIpc) is 2.46. The number of benzene rings is 2. The molecule has 1 N–H and O–H groups in total. The Balaban J connectivity index is 2.16. The Bertz CT molecular complexity index is 657. The van der Waals surface area contributed by atoms with Crippen LogP contribution in [0.25, 0.3) is 0 Å². The molecule has 0 heterocycles. The minimum absolute atomic E-state index is 0.0233. The fourth-order valence-corrected chi connectivity index (χ4v) is 1.69. The Hall–Kier alpha value is -2.70. The fraction of sp³-hybridized carbons (Fsp3) is 0.133. The minimum atomic E-state index is -4.55. The van der Waals surface area contributed by atoms with Gasteiger partial charge in [0, 0.05) is 11.8 Å². The van der Waals surface area contributed by atoms with Crippen LogP contribution in [-0.2, 0) is 6.18 Å². The highest BCUT2D eigenvalue weighted by Gasteiger charge is 2.31. The molecule has 116 valence electrons. The number of carbonyl (C=O) groups is 1. The summed E-state index contributed by atoms with van der Waals surface area (Å²) in [5.74, 6) is 0.253. The quantitative estimate of drug-likeness (QED) is 0.918. The predicted molar refractivity (Wildman–Crippen MR) is 74.1 cm³/mol. The molecule has 22 heavy (non-hydrogen) atoms. The van der Waals surface area contributed by atoms with E-state index in [1.165, 1.54) is 13.2 Å². The van der Waals surface area contributed by atoms with Gasteiger partial charge < -0.3 is 9.47 Å². The van der Waals surface area contributed by atoms with Gasteiger partial charge in [0.2, 0.25) is 0 Å². The molecule has 4 nitrogen and oxygen atoms in total. The van der Waals surface area contributed by atoms with E-state index < -0.39 is 17.8 Å². The predicted octanol–water partition coefficient (Wildman–Crippen LogP) is 4.32. The van der Waals surface area contributed by atoms with Gasteiger partial charge in [-0.2, -0.15) is 13.2 Å². The van der Waals surface area contributed by atoms with Crippen LogP contribution in [0.4, 0.5) is 23.7 Å². The molecule has 2 aromatic carbocycles. The zero-order valence-corrected chi connectivity index (χ0v) is 11.5. The number of halogens is 3. The third-order valence-electron chi connectivity index (χ3n) is 2.67. The molecule has 0 fully saturated rings. The lowest BCUT2D eigenvalue weighted by Crippen LogP contribution is -2.17. The summed E-state index contributed by atoms with van der Waals surface area (Å²) < 4.78 is 48.1. The molecule has 0 aliphatic carbocycles. The van der Waals surface area contributed by atoms with Crippen molar-refractivity contribution in [2.45, 2.75) is 6.18 Å². The van der Waals surface area contributed by atoms with Gasteiger partial charge in [-0.1, -0.05) is 18.2 Å². The molecular formula is C15H12F3NO3. The fourth-order valence-electron chi connectivity index (χ4n) is 1.69. The zero-order valence-electron chi connectivity index (χ0n) is 11.5. The second-order valence-electron chi connectivity index (χ2n) is 4.28. The summed E-state index contributed by atoms with van der Waals surface area (Å²) in [6, 6.07) is 11.1. The Morgan fingerprint density at radius 2 is 1.73 bits per heavy atom. The lowest BCUT2D eigenvalue weighted by molar-refractivity contribution is -0.137. The maximum absolute atomic E-state index is 12.8. The Labute approximate surface area is 124 Å². The lowest BCUT2D eigenvalue weighted by Gasteiger charge is -2.12. The number of hydrogen-bond acceptors (Lipinski definition) is 3. The van der Waals surface area contributed by atoms with Gasteiger partial charge in [0.15, 0.2) is 0 Å². The van der Waals surface area contributed by atoms with E-state index in [0.717, 1.165) is 12.1 Å². The zero-order chi connectivity index (χ0) is 16.2. The van der Waals surface area contributed by atoms with Gasteiger partial charge in [-0.15, -0.1) is 0 Å². The summed E-state index contributed by atoms with van der Waals surface area (Å²) in [6.45, 7) is 0. The number of ether oxygens (including phenoxy) is 2. The van der Waals surface area contributed by atoms with Crippen molar-refractivity contribution in [2.24, 2.45) is 0 Å². The largest absolute Gasteiger partial charge is 0.497 e. The monoisotopic (exact) mass is 311 g/mol. The smallest absolute Gasteiger partial charge is 0.417 e. The molecule has 0 aliphatic heterocycles. The molecule has 2 aromatic rings. The van der Waals surface area contributed by atoms with Crippen molar-refractivity contribution in [2.75, 3.05) is 12.4 Å². The highest BCUT2D eigenvalue weighted by Crippen LogP contribution is 2.34. The maximum Gasteiger partial charge on any atom is 0.417 e. The first-order valence-electron chi connectivity index (χ1n) is 6.18. The van der Waals surface area contributed by atoms with Gasteiger partial charge in [0.25, 0.3) is 0 Å². The molecule has 0 unspecified atom stereocenters. The summed E-state index contributed by atoms with van der Waals surface area (Å²) in [7, 11) is 1.24. The van der Waals surface area contributed by atoms with E-state index in [-0.39, 0.29) is 17.2 Å². The van der Waals surface area contributed by atoms with Gasteiger partial charge in [0.1, 0.15) is 11.5 Å². The SMILES string of the molecule is COc1cc(NC(=O)Oc2ccccc2)cc(C(F)(F)F)c1. The van der Waals surface area contributed by atoms with Crippen LogP contribution >= 0.6 is 0 Å². The Morgan fingerprint density at radius 1 is 1.05 bits per heavy atom. The molecule has 0 aliphatic rings. The van der Waals surface area contributed by atoms with Gasteiger partial charge in [-0.25, -0.2) is 4.79 Å². The van der Waals surface area contributed by atoms with Crippen LogP contribution in [0.2, 0.25) is 0 Å². The van der Waals surface area contributed by atoms with Crippen LogP contribution in [-0.4, -0.2) is 13.2 Å². The van der Waals surface area contributed by atoms with E-state index >= 15 is 0 Å². The first kappa shape index (κ1) is 15.7. The lowest BCUT2D eigenvalue weighted by atomic mass is 10.2. The van der Waals surface area contributed by atoms with Gasteiger partial charge in [0.05, 0.1) is 12.7 Å². The number of rotatable bonds is 3. The first-order chi connectivity index (χ1) is 10.4. The first-order valence-corrected chi connectivity index (χ1v) is 6.18. The molecule has 0 radical (unpaired) electrons. The number of methoxy groups -OCH3 is 1. The Morgan fingerprint density at radius 3 is 2.32 bits per heavy atom. The average molecular weight is 311 g/mol. The topological polar surface area (TPSA) is 47.6 Å². The standard InChI is InChI=1S/C15H12F3NO3/c1-21-13-8-10(15(16,17)18)7-11(9-13)19-14(20)22-12-5-3-2-4-6-12/h2-9H,1H3,(H,19,20). The van der Waals surface area contributed by atoms with Crippen LogP contribution in [0, 0.1) is 0 Å². The molecule has 0 atom stereocenters. The summed E-state index contributed by atoms with van der Waals surface area (Å²) in [6.07, 6.45) is -5.44. The van der Waals surface area contributed by atoms with Crippen LogP contribution in [0.5, 0.6) is 11.5 Å². The van der Waals surface area contributed by atoms with Crippen molar-refractivity contribution in [1.29, 1.82) is 0 Å². The third-order valence-corrected chi connectivity index (χ3v) is 2.67. The highest BCUT2D eigenvalue weighted by molar-refractivity contribution is 5.86. The van der Waals surface area contributed by atoms with E-state index in [1.54, 1.807) is 30.3 Å². The number of amides is 1. The van der Waals surface area contributed by atoms with Crippen LogP contribution in [0.1, 0.15) is 5.56 Å². The molecule has 0 aromatic heterocycles. The van der Waals surface area contributed by atoms with Crippen molar-refractivity contribution in [1.82, 2.24) is 0 Å². The molecule has 7 heteroatoms. The number of para-hydroxylation sites is 1. The second-order valence-corrected chi connectivity index (χ2v) is 4.28. The van der Waals surface area contributed by atoms with E-state index in [2.05, 4.69) is 5.32 Å². The molecule has 1 amide bonds. The molecule has 0 bridgehead atoms. The van der Waals surface area contributed by atoms with Crippen LogP contribution < -0.4 is 14.8 Å². The summed E-state index contributed by atoms with van der Waals surface area (Å²) in [4.78, 5) is 11.7. The van der Waals surface area contributed by atoms with Crippen molar-refractivity contribution < 1.29 is 27.4 Å². The highest BCUT2D eigenvalue weighted by atomic mass is 19.4. The number of carbonyl (C=O) groups excluding carboxylic acids is 1. The normalized spacial score (nSPS) is 10.9. The molecule has 0 spiro atoms. The Kier molecular flexibility index (Phi) is 4.55. The van der Waals surface area contributed by atoms with E-state index in [0.29, 0.717) is 0 Å². The molecular weight excluding hydrogens is 299 g/mol. The van der Waals surface area contributed by atoms with Crippen LogP contribution in [0.3, 0.4) is 0 Å².